The topological polar surface area (TPSA) is 83.9 Å². The van der Waals surface area contributed by atoms with Gasteiger partial charge in [-0.1, -0.05) is 49.0 Å². The molecule has 3 rings (SSSR count). The molecular formula is C23H25NO5S2. The molecule has 1 fully saturated rings. The Morgan fingerprint density at radius 1 is 1.13 bits per heavy atom. The number of benzene rings is 2. The molecule has 2 aromatic rings. The fourth-order valence-electron chi connectivity index (χ4n) is 3.42. The van der Waals surface area contributed by atoms with E-state index in [9.17, 15) is 19.5 Å². The van der Waals surface area contributed by atoms with Crippen molar-refractivity contribution >= 4 is 40.5 Å². The molecule has 1 amide bonds. The van der Waals surface area contributed by atoms with Crippen molar-refractivity contribution in [2.75, 3.05) is 19.4 Å². The van der Waals surface area contributed by atoms with Gasteiger partial charge < -0.3 is 14.7 Å². The Labute approximate surface area is 190 Å². The number of ether oxygens (including phenoxy) is 1. The minimum absolute atomic E-state index is 0.00995. The van der Waals surface area contributed by atoms with Gasteiger partial charge >= 0.3 is 5.97 Å². The molecule has 0 spiro atoms. The molecule has 2 aromatic carbocycles. The zero-order valence-electron chi connectivity index (χ0n) is 17.4. The Bertz CT molecular complexity index is 919. The third-order valence-electron chi connectivity index (χ3n) is 5.09. The maximum Gasteiger partial charge on any atom is 0.326 e. The summed E-state index contributed by atoms with van der Waals surface area (Å²) in [6.07, 6.45) is 0.389. The molecule has 0 radical (unpaired) electrons. The molecule has 1 unspecified atom stereocenters. The van der Waals surface area contributed by atoms with Crippen molar-refractivity contribution in [2.45, 2.75) is 29.5 Å². The van der Waals surface area contributed by atoms with E-state index in [1.807, 2.05) is 30.3 Å². The van der Waals surface area contributed by atoms with Crippen LogP contribution in [0.3, 0.4) is 0 Å². The van der Waals surface area contributed by atoms with Crippen LogP contribution < -0.4 is 4.74 Å². The van der Waals surface area contributed by atoms with Gasteiger partial charge in [-0.2, -0.15) is 0 Å². The Morgan fingerprint density at radius 2 is 1.81 bits per heavy atom. The number of hydrogen-bond donors (Lipinski definition) is 1. The van der Waals surface area contributed by atoms with Gasteiger partial charge in [0.2, 0.25) is 11.0 Å². The van der Waals surface area contributed by atoms with Gasteiger partial charge in [0.15, 0.2) is 0 Å². The van der Waals surface area contributed by atoms with Crippen LogP contribution in [0, 0.1) is 5.92 Å². The highest BCUT2D eigenvalue weighted by molar-refractivity contribution is 8.14. The summed E-state index contributed by atoms with van der Waals surface area (Å²) in [7, 11) is 1.60. The number of carboxylic acid groups (broad SMARTS) is 1. The minimum Gasteiger partial charge on any atom is -0.497 e. The zero-order chi connectivity index (χ0) is 22.4. The molecule has 1 saturated heterocycles. The van der Waals surface area contributed by atoms with Crippen molar-refractivity contribution < 1.29 is 24.2 Å². The van der Waals surface area contributed by atoms with Gasteiger partial charge in [0, 0.05) is 33.9 Å². The lowest BCUT2D eigenvalue weighted by Crippen LogP contribution is -2.43. The monoisotopic (exact) mass is 459 g/mol. The van der Waals surface area contributed by atoms with Crippen LogP contribution in [0.2, 0.25) is 0 Å². The second-order valence-electron chi connectivity index (χ2n) is 7.36. The largest absolute Gasteiger partial charge is 0.497 e. The first kappa shape index (κ1) is 23.2. The smallest absolute Gasteiger partial charge is 0.326 e. The summed E-state index contributed by atoms with van der Waals surface area (Å²) in [6.45, 7) is 2.12. The van der Waals surface area contributed by atoms with E-state index in [1.54, 1.807) is 50.1 Å². The second-order valence-corrected chi connectivity index (χ2v) is 9.73. The number of carboxylic acids is 1. The number of thioether (sulfide) groups is 2. The number of carbonyl (C=O) groups excluding carboxylic acids is 2. The van der Waals surface area contributed by atoms with Crippen molar-refractivity contribution in [1.82, 2.24) is 4.90 Å². The van der Waals surface area contributed by atoms with Crippen LogP contribution in [0.4, 0.5) is 0 Å². The minimum atomic E-state index is -0.994. The number of amides is 1. The SMILES string of the molecule is COc1ccc(S[C@H]2C[C@@H](C(=O)O)N(C(=O)C(C)CSC(=O)c3ccccc3)C2)cc1. The molecule has 0 aromatic heterocycles. The molecule has 164 valence electrons. The van der Waals surface area contributed by atoms with Crippen molar-refractivity contribution in [3.05, 3.63) is 60.2 Å². The lowest BCUT2D eigenvalue weighted by molar-refractivity contribution is -0.149. The normalized spacial score (nSPS) is 19.1. The number of aliphatic carboxylic acids is 1. The molecule has 3 atom stereocenters. The molecular weight excluding hydrogens is 434 g/mol. The lowest BCUT2D eigenvalue weighted by atomic mass is 10.1. The Kier molecular flexibility index (Phi) is 8.03. The van der Waals surface area contributed by atoms with E-state index >= 15 is 0 Å². The molecule has 6 nitrogen and oxygen atoms in total. The predicted octanol–water partition coefficient (Wildman–Crippen LogP) is 4.05. The summed E-state index contributed by atoms with van der Waals surface area (Å²) in [4.78, 5) is 39.6. The number of nitrogens with zero attached hydrogens (tertiary/aromatic N) is 1. The highest BCUT2D eigenvalue weighted by Gasteiger charge is 2.41. The second kappa shape index (κ2) is 10.7. The van der Waals surface area contributed by atoms with Crippen LogP contribution in [-0.4, -0.2) is 57.7 Å². The number of likely N-dealkylation sites (tertiary alicyclic amines) is 1. The standard InChI is InChI=1S/C23H25NO5S2/c1-15(14-30-23(28)16-6-4-3-5-7-16)21(25)24-13-19(12-20(24)22(26)27)31-18-10-8-17(29-2)9-11-18/h3-11,15,19-20H,12-14H2,1-2H3,(H,26,27)/t15?,19-,20-/m0/s1. The maximum atomic E-state index is 13.0. The molecule has 1 aliphatic heterocycles. The maximum absolute atomic E-state index is 13.0. The van der Waals surface area contributed by atoms with Crippen molar-refractivity contribution in [1.29, 1.82) is 0 Å². The van der Waals surface area contributed by atoms with Gasteiger partial charge in [-0.05, 0) is 30.7 Å². The van der Waals surface area contributed by atoms with Crippen LogP contribution in [0.5, 0.6) is 5.75 Å². The van der Waals surface area contributed by atoms with Crippen molar-refractivity contribution in [2.24, 2.45) is 5.92 Å². The number of methoxy groups -OCH3 is 1. The number of hydrogen-bond acceptors (Lipinski definition) is 6. The van der Waals surface area contributed by atoms with Crippen molar-refractivity contribution in [3.8, 4) is 5.75 Å². The molecule has 0 saturated carbocycles. The van der Waals surface area contributed by atoms with Crippen molar-refractivity contribution in [3.63, 3.8) is 0 Å². The average Bonchev–Trinajstić information content (AvgIpc) is 3.22. The average molecular weight is 460 g/mol. The summed E-state index contributed by atoms with van der Waals surface area (Å²) in [5, 5.41) is 9.55. The molecule has 1 aliphatic rings. The van der Waals surface area contributed by atoms with Crippen LogP contribution in [0.15, 0.2) is 59.5 Å². The Morgan fingerprint density at radius 3 is 2.42 bits per heavy atom. The van der Waals surface area contributed by atoms with E-state index in [2.05, 4.69) is 0 Å². The summed E-state index contributed by atoms with van der Waals surface area (Å²) < 4.78 is 5.16. The number of rotatable bonds is 8. The fourth-order valence-corrected chi connectivity index (χ4v) is 5.46. The molecule has 0 bridgehead atoms. The molecule has 1 N–H and O–H groups in total. The van der Waals surface area contributed by atoms with Crippen LogP contribution >= 0.6 is 23.5 Å². The lowest BCUT2D eigenvalue weighted by Gasteiger charge is -2.24. The summed E-state index contributed by atoms with van der Waals surface area (Å²) in [5.41, 5.74) is 0.590. The molecule has 8 heteroatoms. The first-order valence-corrected chi connectivity index (χ1v) is 11.8. The third kappa shape index (κ3) is 6.04. The molecule has 31 heavy (non-hydrogen) atoms. The Hall–Kier alpha value is -2.45. The summed E-state index contributed by atoms with van der Waals surface area (Å²) >= 11 is 2.66. The van der Waals surface area contributed by atoms with Crippen LogP contribution in [0.1, 0.15) is 23.7 Å². The fraction of sp³-hybridized carbons (Fsp3) is 0.348. The highest BCUT2D eigenvalue weighted by Crippen LogP contribution is 2.34. The summed E-state index contributed by atoms with van der Waals surface area (Å²) in [5.74, 6) is -0.604. The number of carbonyl (C=O) groups is 3. The first-order chi connectivity index (χ1) is 14.9. The Balaban J connectivity index is 1.59. The van der Waals surface area contributed by atoms with Crippen LogP contribution in [-0.2, 0) is 9.59 Å². The van der Waals surface area contributed by atoms with E-state index in [0.29, 0.717) is 24.3 Å². The predicted molar refractivity (Wildman–Crippen MR) is 123 cm³/mol. The molecule has 1 heterocycles. The van der Waals surface area contributed by atoms with Gasteiger partial charge in [-0.25, -0.2) is 4.79 Å². The quantitative estimate of drug-likeness (QED) is 0.637. The van der Waals surface area contributed by atoms with Gasteiger partial charge in [0.25, 0.3) is 0 Å². The third-order valence-corrected chi connectivity index (χ3v) is 7.47. The van der Waals surface area contributed by atoms with Crippen LogP contribution in [0.25, 0.3) is 0 Å². The van der Waals surface area contributed by atoms with E-state index < -0.39 is 17.9 Å². The zero-order valence-corrected chi connectivity index (χ0v) is 19.0. The van der Waals surface area contributed by atoms with Gasteiger partial charge in [-0.3, -0.25) is 9.59 Å². The molecule has 0 aliphatic carbocycles. The van der Waals surface area contributed by atoms with E-state index in [0.717, 1.165) is 22.4 Å². The van der Waals surface area contributed by atoms with Gasteiger partial charge in [0.05, 0.1) is 7.11 Å². The van der Waals surface area contributed by atoms with E-state index in [-0.39, 0.29) is 16.3 Å². The van der Waals surface area contributed by atoms with Gasteiger partial charge in [-0.15, -0.1) is 11.8 Å². The van der Waals surface area contributed by atoms with Gasteiger partial charge in [0.1, 0.15) is 11.8 Å². The van der Waals surface area contributed by atoms with E-state index in [1.165, 1.54) is 4.90 Å². The van der Waals surface area contributed by atoms with E-state index in [4.69, 9.17) is 4.74 Å². The summed E-state index contributed by atoms with van der Waals surface area (Å²) in [6, 6.07) is 15.6. The first-order valence-electron chi connectivity index (χ1n) is 9.95. The highest BCUT2D eigenvalue weighted by atomic mass is 32.2.